The van der Waals surface area contributed by atoms with Crippen molar-refractivity contribution in [3.8, 4) is 0 Å². The van der Waals surface area contributed by atoms with Crippen LogP contribution in [0.3, 0.4) is 0 Å². The van der Waals surface area contributed by atoms with Crippen LogP contribution in [-0.2, 0) is 13.0 Å². The Balaban J connectivity index is 1.90. The average molecular weight is 305 g/mol. The SMILES string of the molecule is Nc1ccc2c(c1)C(=O)N(Cc1c(F)cccc1Cl)CC2. The Morgan fingerprint density at radius 1 is 1.29 bits per heavy atom. The molecule has 3 nitrogen and oxygen atoms in total. The summed E-state index contributed by atoms with van der Waals surface area (Å²) in [4.78, 5) is 14.1. The van der Waals surface area contributed by atoms with E-state index in [1.165, 1.54) is 6.07 Å². The number of hydrogen-bond acceptors (Lipinski definition) is 2. The normalized spacial score (nSPS) is 14.2. The van der Waals surface area contributed by atoms with Crippen LogP contribution in [0.15, 0.2) is 36.4 Å². The molecule has 3 rings (SSSR count). The summed E-state index contributed by atoms with van der Waals surface area (Å²) in [5, 5.41) is 0.334. The number of nitrogens with two attached hydrogens (primary N) is 1. The molecule has 0 radical (unpaired) electrons. The number of rotatable bonds is 2. The van der Waals surface area contributed by atoms with Gasteiger partial charge in [-0.1, -0.05) is 23.7 Å². The lowest BCUT2D eigenvalue weighted by molar-refractivity contribution is 0.0725. The van der Waals surface area contributed by atoms with Crippen LogP contribution in [0.5, 0.6) is 0 Å². The number of nitrogens with zero attached hydrogens (tertiary/aromatic N) is 1. The van der Waals surface area contributed by atoms with Gasteiger partial charge in [-0.25, -0.2) is 4.39 Å². The highest BCUT2D eigenvalue weighted by Gasteiger charge is 2.25. The van der Waals surface area contributed by atoms with E-state index >= 15 is 0 Å². The Kier molecular flexibility index (Phi) is 3.55. The van der Waals surface area contributed by atoms with E-state index in [1.54, 1.807) is 29.2 Å². The van der Waals surface area contributed by atoms with Crippen LogP contribution in [0.1, 0.15) is 21.5 Å². The van der Waals surface area contributed by atoms with Gasteiger partial charge >= 0.3 is 0 Å². The van der Waals surface area contributed by atoms with E-state index in [4.69, 9.17) is 17.3 Å². The van der Waals surface area contributed by atoms with E-state index in [-0.39, 0.29) is 12.5 Å². The van der Waals surface area contributed by atoms with Crippen LogP contribution in [-0.4, -0.2) is 17.4 Å². The Morgan fingerprint density at radius 3 is 2.86 bits per heavy atom. The molecule has 1 aliphatic heterocycles. The van der Waals surface area contributed by atoms with Crippen LogP contribution in [0.4, 0.5) is 10.1 Å². The number of fused-ring (bicyclic) bond motifs is 1. The number of carbonyl (C=O) groups excluding carboxylic acids is 1. The van der Waals surface area contributed by atoms with Crippen molar-refractivity contribution < 1.29 is 9.18 Å². The first-order valence-electron chi connectivity index (χ1n) is 6.67. The fourth-order valence-corrected chi connectivity index (χ4v) is 2.79. The highest BCUT2D eigenvalue weighted by atomic mass is 35.5. The number of carbonyl (C=O) groups is 1. The molecule has 5 heteroatoms. The standard InChI is InChI=1S/C16H14ClFN2O/c17-14-2-1-3-15(18)13(14)9-20-7-6-10-4-5-11(19)8-12(10)16(20)21/h1-5,8H,6-7,9,19H2. The molecule has 108 valence electrons. The quantitative estimate of drug-likeness (QED) is 0.866. The van der Waals surface area contributed by atoms with Crippen molar-refractivity contribution >= 4 is 23.2 Å². The van der Waals surface area contributed by atoms with Gasteiger partial charge in [0.25, 0.3) is 5.91 Å². The summed E-state index contributed by atoms with van der Waals surface area (Å²) >= 11 is 6.02. The predicted octanol–water partition coefficient (Wildman–Crippen LogP) is 3.26. The average Bonchev–Trinajstić information content (AvgIpc) is 2.46. The van der Waals surface area contributed by atoms with Gasteiger partial charge in [0.1, 0.15) is 5.82 Å². The van der Waals surface area contributed by atoms with Gasteiger partial charge in [0.05, 0.1) is 6.54 Å². The minimum atomic E-state index is -0.395. The molecule has 1 heterocycles. The summed E-state index contributed by atoms with van der Waals surface area (Å²) in [6.07, 6.45) is 0.730. The summed E-state index contributed by atoms with van der Waals surface area (Å²) in [6, 6.07) is 9.86. The summed E-state index contributed by atoms with van der Waals surface area (Å²) in [5.74, 6) is -0.531. The van der Waals surface area contributed by atoms with E-state index in [2.05, 4.69) is 0 Å². The lowest BCUT2D eigenvalue weighted by Gasteiger charge is -2.29. The predicted molar refractivity (Wildman–Crippen MR) is 80.7 cm³/mol. The van der Waals surface area contributed by atoms with Gasteiger partial charge in [-0.05, 0) is 36.2 Å². The molecule has 0 bridgehead atoms. The number of anilines is 1. The molecule has 0 spiro atoms. The second kappa shape index (κ2) is 5.37. The topological polar surface area (TPSA) is 46.3 Å². The highest BCUT2D eigenvalue weighted by Crippen LogP contribution is 2.26. The Hall–Kier alpha value is -2.07. The maximum atomic E-state index is 13.9. The van der Waals surface area contributed by atoms with Crippen molar-refractivity contribution in [2.24, 2.45) is 0 Å². The van der Waals surface area contributed by atoms with Gasteiger partial charge in [0.2, 0.25) is 0 Å². The third-order valence-electron chi connectivity index (χ3n) is 3.71. The van der Waals surface area contributed by atoms with Crippen molar-refractivity contribution in [1.82, 2.24) is 4.90 Å². The second-order valence-electron chi connectivity index (χ2n) is 5.09. The van der Waals surface area contributed by atoms with E-state index in [1.807, 2.05) is 6.07 Å². The number of nitrogen functional groups attached to an aromatic ring is 1. The fraction of sp³-hybridized carbons (Fsp3) is 0.188. The van der Waals surface area contributed by atoms with Gasteiger partial charge in [0, 0.05) is 28.4 Å². The maximum Gasteiger partial charge on any atom is 0.254 e. The zero-order chi connectivity index (χ0) is 15.0. The first-order valence-corrected chi connectivity index (χ1v) is 7.04. The first-order chi connectivity index (χ1) is 10.1. The number of halogens is 2. The number of amides is 1. The molecule has 1 amide bonds. The second-order valence-corrected chi connectivity index (χ2v) is 5.50. The molecule has 0 aliphatic carbocycles. The molecule has 21 heavy (non-hydrogen) atoms. The molecule has 0 saturated carbocycles. The molecule has 2 aromatic rings. The molecule has 0 atom stereocenters. The van der Waals surface area contributed by atoms with Crippen LogP contribution in [0.25, 0.3) is 0 Å². The third-order valence-corrected chi connectivity index (χ3v) is 4.07. The van der Waals surface area contributed by atoms with Crippen LogP contribution < -0.4 is 5.73 Å². The Labute approximate surface area is 127 Å². The molecule has 0 fully saturated rings. The molecule has 2 N–H and O–H groups in total. The Morgan fingerprint density at radius 2 is 2.10 bits per heavy atom. The first kappa shape index (κ1) is 13.9. The number of benzene rings is 2. The highest BCUT2D eigenvalue weighted by molar-refractivity contribution is 6.31. The van der Waals surface area contributed by atoms with Crippen molar-refractivity contribution in [3.63, 3.8) is 0 Å². The molecule has 1 aliphatic rings. The zero-order valence-corrected chi connectivity index (χ0v) is 12.0. The van der Waals surface area contributed by atoms with Crippen LogP contribution >= 0.6 is 11.6 Å². The molecule has 0 unspecified atom stereocenters. The molecule has 2 aromatic carbocycles. The maximum absolute atomic E-state index is 13.9. The largest absolute Gasteiger partial charge is 0.399 e. The van der Waals surface area contributed by atoms with E-state index in [9.17, 15) is 9.18 Å². The van der Waals surface area contributed by atoms with Crippen molar-refractivity contribution in [2.75, 3.05) is 12.3 Å². The summed E-state index contributed by atoms with van der Waals surface area (Å²) < 4.78 is 13.9. The van der Waals surface area contributed by atoms with Crippen LogP contribution in [0, 0.1) is 5.82 Å². The number of hydrogen-bond donors (Lipinski definition) is 1. The lowest BCUT2D eigenvalue weighted by atomic mass is 9.98. The fourth-order valence-electron chi connectivity index (χ4n) is 2.56. The third kappa shape index (κ3) is 2.59. The van der Waals surface area contributed by atoms with Crippen molar-refractivity contribution in [3.05, 3.63) is 63.9 Å². The van der Waals surface area contributed by atoms with Gasteiger partial charge in [-0.3, -0.25) is 4.79 Å². The van der Waals surface area contributed by atoms with E-state index in [0.29, 0.717) is 28.4 Å². The minimum Gasteiger partial charge on any atom is -0.399 e. The summed E-state index contributed by atoms with van der Waals surface area (Å²) in [6.45, 7) is 0.707. The smallest absolute Gasteiger partial charge is 0.254 e. The van der Waals surface area contributed by atoms with Gasteiger partial charge in [-0.2, -0.15) is 0 Å². The van der Waals surface area contributed by atoms with E-state index in [0.717, 1.165) is 12.0 Å². The summed E-state index contributed by atoms with van der Waals surface area (Å²) in [7, 11) is 0. The zero-order valence-electron chi connectivity index (χ0n) is 11.3. The summed E-state index contributed by atoms with van der Waals surface area (Å²) in [5.41, 5.74) is 8.20. The molecule has 0 saturated heterocycles. The molecular formula is C16H14ClFN2O. The van der Waals surface area contributed by atoms with Gasteiger partial charge < -0.3 is 10.6 Å². The van der Waals surface area contributed by atoms with Crippen molar-refractivity contribution in [1.29, 1.82) is 0 Å². The molecular weight excluding hydrogens is 291 g/mol. The van der Waals surface area contributed by atoms with Gasteiger partial charge in [-0.15, -0.1) is 0 Å². The lowest BCUT2D eigenvalue weighted by Crippen LogP contribution is -2.37. The van der Waals surface area contributed by atoms with E-state index < -0.39 is 5.82 Å². The van der Waals surface area contributed by atoms with Crippen molar-refractivity contribution in [2.45, 2.75) is 13.0 Å². The molecule has 0 aromatic heterocycles. The van der Waals surface area contributed by atoms with Crippen LogP contribution in [0.2, 0.25) is 5.02 Å². The monoisotopic (exact) mass is 304 g/mol. The Bertz CT molecular complexity index is 697. The van der Waals surface area contributed by atoms with Gasteiger partial charge in [0.15, 0.2) is 0 Å². The minimum absolute atomic E-state index is 0.136.